The Kier molecular flexibility index (Phi) is 4.58. The van der Waals surface area contributed by atoms with E-state index in [1.165, 1.54) is 0 Å². The van der Waals surface area contributed by atoms with Gasteiger partial charge in [-0.3, -0.25) is 4.79 Å². The predicted molar refractivity (Wildman–Crippen MR) is 62.7 cm³/mol. The predicted octanol–water partition coefficient (Wildman–Crippen LogP) is 1.49. The third-order valence-corrected chi connectivity index (χ3v) is 3.05. The van der Waals surface area contributed by atoms with Crippen LogP contribution in [0, 0.1) is 11.8 Å². The second kappa shape index (κ2) is 5.50. The molecule has 1 unspecified atom stereocenters. The Labute approximate surface area is 93.2 Å². The molecule has 0 aliphatic carbocycles. The summed E-state index contributed by atoms with van der Waals surface area (Å²) >= 11 is 0. The summed E-state index contributed by atoms with van der Waals surface area (Å²) in [6.07, 6.45) is 1.07. The summed E-state index contributed by atoms with van der Waals surface area (Å²) in [5.74, 6) is 0.944. The van der Waals surface area contributed by atoms with Gasteiger partial charge in [0, 0.05) is 25.0 Å². The van der Waals surface area contributed by atoms with Gasteiger partial charge < -0.3 is 10.2 Å². The molecule has 0 saturated carbocycles. The summed E-state index contributed by atoms with van der Waals surface area (Å²) in [6.45, 7) is 11.2. The number of carbonyl (C=O) groups excluding carboxylic acids is 1. The van der Waals surface area contributed by atoms with E-state index in [-0.39, 0.29) is 5.92 Å². The molecule has 1 heterocycles. The van der Waals surface area contributed by atoms with Crippen molar-refractivity contribution < 1.29 is 4.79 Å². The highest BCUT2D eigenvalue weighted by atomic mass is 16.2. The van der Waals surface area contributed by atoms with E-state index in [0.717, 1.165) is 26.1 Å². The lowest BCUT2D eigenvalue weighted by Crippen LogP contribution is -2.48. The van der Waals surface area contributed by atoms with Crippen molar-refractivity contribution in [2.75, 3.05) is 19.6 Å². The summed E-state index contributed by atoms with van der Waals surface area (Å²) in [5.41, 5.74) is 0. The number of nitrogens with zero attached hydrogens (tertiary/aromatic N) is 1. The van der Waals surface area contributed by atoms with Gasteiger partial charge in [-0.1, -0.05) is 27.7 Å². The van der Waals surface area contributed by atoms with Crippen LogP contribution in [0.15, 0.2) is 0 Å². The third kappa shape index (κ3) is 3.20. The molecule has 0 spiro atoms. The quantitative estimate of drug-likeness (QED) is 0.752. The fourth-order valence-electron chi connectivity index (χ4n) is 2.10. The van der Waals surface area contributed by atoms with Crippen LogP contribution in [0.2, 0.25) is 0 Å². The summed E-state index contributed by atoms with van der Waals surface area (Å²) in [4.78, 5) is 14.1. The number of rotatable bonds is 2. The van der Waals surface area contributed by atoms with Crippen LogP contribution in [0.25, 0.3) is 0 Å². The molecule has 1 saturated heterocycles. The maximum Gasteiger partial charge on any atom is 0.225 e. The standard InChI is InChI=1S/C12H24N2O/c1-9(2)11-8-13-6-5-7-14(11)12(15)10(3)4/h9-11,13H,5-8H2,1-4H3. The van der Waals surface area contributed by atoms with Crippen LogP contribution < -0.4 is 5.32 Å². The van der Waals surface area contributed by atoms with Gasteiger partial charge in [0.25, 0.3) is 0 Å². The van der Waals surface area contributed by atoms with E-state index in [1.807, 2.05) is 13.8 Å². The highest BCUT2D eigenvalue weighted by Gasteiger charge is 2.28. The van der Waals surface area contributed by atoms with Gasteiger partial charge in [0.05, 0.1) is 0 Å². The Bertz CT molecular complexity index is 214. The van der Waals surface area contributed by atoms with Crippen LogP contribution >= 0.6 is 0 Å². The molecule has 1 atom stereocenters. The number of amides is 1. The van der Waals surface area contributed by atoms with E-state index in [2.05, 4.69) is 24.1 Å². The van der Waals surface area contributed by atoms with Crippen molar-refractivity contribution in [1.82, 2.24) is 10.2 Å². The van der Waals surface area contributed by atoms with Crippen molar-refractivity contribution in [2.24, 2.45) is 11.8 Å². The van der Waals surface area contributed by atoms with Gasteiger partial charge >= 0.3 is 0 Å². The minimum atomic E-state index is 0.115. The van der Waals surface area contributed by atoms with E-state index in [0.29, 0.717) is 17.9 Å². The van der Waals surface area contributed by atoms with Crippen molar-refractivity contribution in [1.29, 1.82) is 0 Å². The molecule has 1 amide bonds. The van der Waals surface area contributed by atoms with Gasteiger partial charge in [0.2, 0.25) is 5.91 Å². The first-order chi connectivity index (χ1) is 7.04. The van der Waals surface area contributed by atoms with E-state index in [1.54, 1.807) is 0 Å². The molecule has 1 aliphatic heterocycles. The first-order valence-corrected chi connectivity index (χ1v) is 6.05. The lowest BCUT2D eigenvalue weighted by Gasteiger charge is -2.33. The largest absolute Gasteiger partial charge is 0.338 e. The average Bonchev–Trinajstić information content (AvgIpc) is 2.40. The summed E-state index contributed by atoms with van der Waals surface area (Å²) in [5, 5.41) is 3.41. The SMILES string of the molecule is CC(C)C(=O)N1CCCNCC1C(C)C. The normalized spacial score (nSPS) is 23.3. The molecule has 3 heteroatoms. The molecule has 0 bridgehead atoms. The summed E-state index contributed by atoms with van der Waals surface area (Å²) in [6, 6.07) is 0.363. The minimum absolute atomic E-state index is 0.115. The van der Waals surface area contributed by atoms with Crippen molar-refractivity contribution >= 4 is 5.91 Å². The topological polar surface area (TPSA) is 32.3 Å². The fraction of sp³-hybridized carbons (Fsp3) is 0.917. The van der Waals surface area contributed by atoms with Gasteiger partial charge in [0.1, 0.15) is 0 Å². The summed E-state index contributed by atoms with van der Waals surface area (Å²) < 4.78 is 0. The number of nitrogens with one attached hydrogen (secondary N) is 1. The fourth-order valence-corrected chi connectivity index (χ4v) is 2.10. The smallest absolute Gasteiger partial charge is 0.225 e. The molecular weight excluding hydrogens is 188 g/mol. The second-order valence-corrected chi connectivity index (χ2v) is 5.06. The van der Waals surface area contributed by atoms with Gasteiger partial charge in [-0.2, -0.15) is 0 Å². The Balaban J connectivity index is 2.74. The number of hydrogen-bond acceptors (Lipinski definition) is 2. The monoisotopic (exact) mass is 212 g/mol. The lowest BCUT2D eigenvalue weighted by atomic mass is 10.0. The Hall–Kier alpha value is -0.570. The number of carbonyl (C=O) groups is 1. The van der Waals surface area contributed by atoms with E-state index in [9.17, 15) is 4.79 Å². The molecule has 0 aromatic rings. The van der Waals surface area contributed by atoms with E-state index < -0.39 is 0 Å². The first kappa shape index (κ1) is 12.5. The third-order valence-electron chi connectivity index (χ3n) is 3.05. The van der Waals surface area contributed by atoms with Crippen LogP contribution in [-0.4, -0.2) is 36.5 Å². The first-order valence-electron chi connectivity index (χ1n) is 6.05. The average molecular weight is 212 g/mol. The van der Waals surface area contributed by atoms with E-state index in [4.69, 9.17) is 0 Å². The van der Waals surface area contributed by atoms with Gasteiger partial charge in [-0.05, 0) is 18.9 Å². The maximum absolute atomic E-state index is 12.1. The highest BCUT2D eigenvalue weighted by Crippen LogP contribution is 2.16. The van der Waals surface area contributed by atoms with Gasteiger partial charge in [-0.15, -0.1) is 0 Å². The molecule has 3 nitrogen and oxygen atoms in total. The molecule has 88 valence electrons. The molecule has 1 rings (SSSR count). The van der Waals surface area contributed by atoms with Crippen molar-refractivity contribution in [3.63, 3.8) is 0 Å². The molecular formula is C12H24N2O. The Morgan fingerprint density at radius 3 is 2.53 bits per heavy atom. The van der Waals surface area contributed by atoms with Crippen LogP contribution in [0.4, 0.5) is 0 Å². The van der Waals surface area contributed by atoms with Crippen LogP contribution in [0.1, 0.15) is 34.1 Å². The molecule has 0 radical (unpaired) electrons. The van der Waals surface area contributed by atoms with Gasteiger partial charge in [0.15, 0.2) is 0 Å². The molecule has 15 heavy (non-hydrogen) atoms. The van der Waals surface area contributed by atoms with Crippen LogP contribution in [0.5, 0.6) is 0 Å². The second-order valence-electron chi connectivity index (χ2n) is 5.06. The van der Waals surface area contributed by atoms with Crippen LogP contribution in [-0.2, 0) is 4.79 Å². The van der Waals surface area contributed by atoms with Crippen LogP contribution in [0.3, 0.4) is 0 Å². The lowest BCUT2D eigenvalue weighted by molar-refractivity contribution is -0.137. The van der Waals surface area contributed by atoms with Gasteiger partial charge in [-0.25, -0.2) is 0 Å². The molecule has 1 aliphatic rings. The molecule has 0 aromatic heterocycles. The molecule has 0 aromatic carbocycles. The summed E-state index contributed by atoms with van der Waals surface area (Å²) in [7, 11) is 0. The Morgan fingerprint density at radius 2 is 2.00 bits per heavy atom. The minimum Gasteiger partial charge on any atom is -0.338 e. The number of hydrogen-bond donors (Lipinski definition) is 1. The molecule has 1 fully saturated rings. The molecule has 1 N–H and O–H groups in total. The zero-order chi connectivity index (χ0) is 11.4. The highest BCUT2D eigenvalue weighted by molar-refractivity contribution is 5.78. The zero-order valence-corrected chi connectivity index (χ0v) is 10.4. The van der Waals surface area contributed by atoms with Crippen molar-refractivity contribution in [3.05, 3.63) is 0 Å². The maximum atomic E-state index is 12.1. The van der Waals surface area contributed by atoms with E-state index >= 15 is 0 Å². The zero-order valence-electron chi connectivity index (χ0n) is 10.4. The Morgan fingerprint density at radius 1 is 1.33 bits per heavy atom. The van der Waals surface area contributed by atoms with Crippen molar-refractivity contribution in [3.8, 4) is 0 Å². The van der Waals surface area contributed by atoms with Crippen molar-refractivity contribution in [2.45, 2.75) is 40.2 Å².